The summed E-state index contributed by atoms with van der Waals surface area (Å²) in [7, 11) is 2.03. The maximum absolute atomic E-state index is 6.07. The molecule has 0 aliphatic rings. The summed E-state index contributed by atoms with van der Waals surface area (Å²) >= 11 is 8.46. The van der Waals surface area contributed by atoms with E-state index in [-0.39, 0.29) is 0 Å². The number of benzene rings is 1. The van der Waals surface area contributed by atoms with E-state index in [4.69, 9.17) is 11.6 Å². The minimum Gasteiger partial charge on any atom is -0.313 e. The molecule has 1 atom stereocenters. The standard InChI is InChI=1S/C14H21ClIN/c1-3-4-5-6-7-14(17-2)12-10-11(15)8-9-13(12)16/h8-10,14,17H,3-7H2,1-2H3. The molecule has 1 rings (SSSR count). The summed E-state index contributed by atoms with van der Waals surface area (Å²) in [6, 6.07) is 6.56. The van der Waals surface area contributed by atoms with Crippen molar-refractivity contribution in [2.24, 2.45) is 0 Å². The average molecular weight is 366 g/mol. The van der Waals surface area contributed by atoms with Gasteiger partial charge in [0.1, 0.15) is 0 Å². The molecule has 0 amide bonds. The van der Waals surface area contributed by atoms with E-state index < -0.39 is 0 Å². The Morgan fingerprint density at radius 3 is 2.71 bits per heavy atom. The average Bonchev–Trinajstić information content (AvgIpc) is 2.33. The Labute approximate surface area is 123 Å². The Hall–Kier alpha value is 0.200. The molecule has 0 saturated carbocycles. The van der Waals surface area contributed by atoms with Gasteiger partial charge in [0.15, 0.2) is 0 Å². The lowest BCUT2D eigenvalue weighted by molar-refractivity contribution is 0.503. The van der Waals surface area contributed by atoms with Gasteiger partial charge in [0.25, 0.3) is 0 Å². The van der Waals surface area contributed by atoms with Crippen molar-refractivity contribution in [3.05, 3.63) is 32.4 Å². The van der Waals surface area contributed by atoms with Gasteiger partial charge in [0, 0.05) is 14.6 Å². The Morgan fingerprint density at radius 1 is 1.29 bits per heavy atom. The lowest BCUT2D eigenvalue weighted by Gasteiger charge is -2.18. The van der Waals surface area contributed by atoms with Crippen molar-refractivity contribution in [2.75, 3.05) is 7.05 Å². The van der Waals surface area contributed by atoms with Gasteiger partial charge >= 0.3 is 0 Å². The van der Waals surface area contributed by atoms with Gasteiger partial charge in [0.05, 0.1) is 0 Å². The SMILES string of the molecule is CCCCCCC(NC)c1cc(Cl)ccc1I. The van der Waals surface area contributed by atoms with Crippen molar-refractivity contribution < 1.29 is 0 Å². The van der Waals surface area contributed by atoms with Crippen molar-refractivity contribution >= 4 is 34.2 Å². The van der Waals surface area contributed by atoms with Gasteiger partial charge in [0.2, 0.25) is 0 Å². The summed E-state index contributed by atoms with van der Waals surface area (Å²) < 4.78 is 1.29. The Kier molecular flexibility index (Phi) is 7.47. The molecule has 0 fully saturated rings. The molecule has 0 radical (unpaired) electrons. The van der Waals surface area contributed by atoms with Gasteiger partial charge in [-0.05, 0) is 59.8 Å². The van der Waals surface area contributed by atoms with Crippen LogP contribution in [0.5, 0.6) is 0 Å². The van der Waals surface area contributed by atoms with Gasteiger partial charge in [-0.1, -0.05) is 44.2 Å². The summed E-state index contributed by atoms with van der Waals surface area (Å²) in [6.07, 6.45) is 6.42. The van der Waals surface area contributed by atoms with E-state index in [0.29, 0.717) is 6.04 Å². The van der Waals surface area contributed by atoms with E-state index >= 15 is 0 Å². The van der Waals surface area contributed by atoms with Crippen LogP contribution >= 0.6 is 34.2 Å². The highest BCUT2D eigenvalue weighted by Gasteiger charge is 2.12. The number of unbranched alkanes of at least 4 members (excludes halogenated alkanes) is 3. The fourth-order valence-corrected chi connectivity index (χ4v) is 2.90. The predicted molar refractivity (Wildman–Crippen MR) is 84.7 cm³/mol. The zero-order valence-corrected chi connectivity index (χ0v) is 13.5. The molecule has 1 unspecified atom stereocenters. The molecule has 0 spiro atoms. The third kappa shape index (κ3) is 5.14. The molecule has 96 valence electrons. The molecule has 0 heterocycles. The van der Waals surface area contributed by atoms with Crippen molar-refractivity contribution in [1.29, 1.82) is 0 Å². The smallest absolute Gasteiger partial charge is 0.0410 e. The second kappa shape index (κ2) is 8.33. The van der Waals surface area contributed by atoms with E-state index in [2.05, 4.69) is 47.0 Å². The molecule has 0 aliphatic carbocycles. The summed E-state index contributed by atoms with van der Waals surface area (Å²) in [5.41, 5.74) is 1.33. The third-order valence-corrected chi connectivity index (χ3v) is 4.25. The van der Waals surface area contributed by atoms with Crippen LogP contribution in [0.4, 0.5) is 0 Å². The first kappa shape index (κ1) is 15.3. The van der Waals surface area contributed by atoms with Gasteiger partial charge in [-0.2, -0.15) is 0 Å². The Bertz CT molecular complexity index is 341. The normalized spacial score (nSPS) is 12.7. The van der Waals surface area contributed by atoms with Crippen LogP contribution in [0.2, 0.25) is 5.02 Å². The summed E-state index contributed by atoms with van der Waals surface area (Å²) in [5, 5.41) is 4.23. The summed E-state index contributed by atoms with van der Waals surface area (Å²) in [5.74, 6) is 0. The third-order valence-electron chi connectivity index (χ3n) is 3.03. The van der Waals surface area contributed by atoms with Crippen LogP contribution in [0.25, 0.3) is 0 Å². The molecular weight excluding hydrogens is 345 g/mol. The first-order chi connectivity index (χ1) is 8.19. The van der Waals surface area contributed by atoms with Crippen molar-refractivity contribution in [1.82, 2.24) is 5.32 Å². The molecule has 17 heavy (non-hydrogen) atoms. The van der Waals surface area contributed by atoms with Crippen LogP contribution in [-0.2, 0) is 0 Å². The lowest BCUT2D eigenvalue weighted by atomic mass is 10.0. The molecule has 0 aliphatic heterocycles. The van der Waals surface area contributed by atoms with E-state index in [1.807, 2.05) is 13.1 Å². The maximum Gasteiger partial charge on any atom is 0.0410 e. The van der Waals surface area contributed by atoms with Crippen molar-refractivity contribution in [3.8, 4) is 0 Å². The second-order valence-electron chi connectivity index (χ2n) is 4.36. The number of hydrogen-bond donors (Lipinski definition) is 1. The first-order valence-electron chi connectivity index (χ1n) is 6.31. The van der Waals surface area contributed by atoms with E-state index in [9.17, 15) is 0 Å². The quantitative estimate of drug-likeness (QED) is 0.519. The molecule has 1 nitrogen and oxygen atoms in total. The van der Waals surface area contributed by atoms with Crippen LogP contribution in [-0.4, -0.2) is 7.05 Å². The molecule has 1 aromatic rings. The first-order valence-corrected chi connectivity index (χ1v) is 7.77. The Balaban J connectivity index is 2.62. The molecule has 0 saturated heterocycles. The highest BCUT2D eigenvalue weighted by molar-refractivity contribution is 14.1. The topological polar surface area (TPSA) is 12.0 Å². The minimum atomic E-state index is 0.428. The molecule has 0 aromatic heterocycles. The van der Waals surface area contributed by atoms with E-state index in [1.165, 1.54) is 41.2 Å². The van der Waals surface area contributed by atoms with E-state index in [0.717, 1.165) is 5.02 Å². The maximum atomic E-state index is 6.07. The number of nitrogens with one attached hydrogen (secondary N) is 1. The van der Waals surface area contributed by atoms with Gasteiger partial charge in [-0.15, -0.1) is 0 Å². The zero-order chi connectivity index (χ0) is 12.7. The molecular formula is C14H21ClIN. The van der Waals surface area contributed by atoms with Gasteiger partial charge in [-0.3, -0.25) is 0 Å². The predicted octanol–water partition coefficient (Wildman–Crippen LogP) is 5.18. The monoisotopic (exact) mass is 365 g/mol. The van der Waals surface area contributed by atoms with Gasteiger partial charge < -0.3 is 5.32 Å². The van der Waals surface area contributed by atoms with Crippen LogP contribution in [0.15, 0.2) is 18.2 Å². The molecule has 0 bridgehead atoms. The largest absolute Gasteiger partial charge is 0.313 e. The molecule has 1 aromatic carbocycles. The highest BCUT2D eigenvalue weighted by Crippen LogP contribution is 2.27. The van der Waals surface area contributed by atoms with E-state index in [1.54, 1.807) is 0 Å². The summed E-state index contributed by atoms with van der Waals surface area (Å²) in [4.78, 5) is 0. The fraction of sp³-hybridized carbons (Fsp3) is 0.571. The molecule has 1 N–H and O–H groups in total. The zero-order valence-electron chi connectivity index (χ0n) is 10.6. The highest BCUT2D eigenvalue weighted by atomic mass is 127. The molecule has 3 heteroatoms. The second-order valence-corrected chi connectivity index (χ2v) is 5.96. The number of halogens is 2. The number of rotatable bonds is 7. The van der Waals surface area contributed by atoms with Crippen LogP contribution < -0.4 is 5.32 Å². The van der Waals surface area contributed by atoms with Crippen LogP contribution in [0, 0.1) is 3.57 Å². The van der Waals surface area contributed by atoms with Crippen molar-refractivity contribution in [3.63, 3.8) is 0 Å². The van der Waals surface area contributed by atoms with Gasteiger partial charge in [-0.25, -0.2) is 0 Å². The Morgan fingerprint density at radius 2 is 2.06 bits per heavy atom. The fourth-order valence-electron chi connectivity index (χ4n) is 2.01. The minimum absolute atomic E-state index is 0.428. The summed E-state index contributed by atoms with van der Waals surface area (Å²) in [6.45, 7) is 2.25. The van der Waals surface area contributed by atoms with Crippen LogP contribution in [0.3, 0.4) is 0 Å². The van der Waals surface area contributed by atoms with Crippen molar-refractivity contribution in [2.45, 2.75) is 45.1 Å². The van der Waals surface area contributed by atoms with Crippen LogP contribution in [0.1, 0.15) is 50.6 Å². The number of hydrogen-bond acceptors (Lipinski definition) is 1. The lowest BCUT2D eigenvalue weighted by Crippen LogP contribution is -2.17.